The van der Waals surface area contributed by atoms with Crippen molar-refractivity contribution in [2.75, 3.05) is 18.5 Å². The van der Waals surface area contributed by atoms with Gasteiger partial charge < -0.3 is 10.1 Å². The van der Waals surface area contributed by atoms with Crippen LogP contribution in [-0.2, 0) is 0 Å². The van der Waals surface area contributed by atoms with E-state index in [4.69, 9.17) is 4.74 Å². The third kappa shape index (κ3) is 4.81. The molecule has 1 aromatic rings. The third-order valence-corrected chi connectivity index (χ3v) is 4.42. The second-order valence-electron chi connectivity index (χ2n) is 4.96. The van der Waals surface area contributed by atoms with Gasteiger partial charge in [0.1, 0.15) is 0 Å². The minimum atomic E-state index is 0.430. The van der Waals surface area contributed by atoms with Gasteiger partial charge in [-0.1, -0.05) is 37.9 Å². The molecule has 0 atom stereocenters. The maximum Gasteiger partial charge on any atom is 0.322 e. The van der Waals surface area contributed by atoms with E-state index in [0.29, 0.717) is 23.8 Å². The van der Waals surface area contributed by atoms with Gasteiger partial charge in [0.25, 0.3) is 0 Å². The van der Waals surface area contributed by atoms with Crippen molar-refractivity contribution >= 4 is 17.7 Å². The quantitative estimate of drug-likeness (QED) is 0.830. The molecule has 1 heterocycles. The molecule has 0 bridgehead atoms. The van der Waals surface area contributed by atoms with Crippen LogP contribution in [0.4, 0.5) is 5.95 Å². The minimum Gasteiger partial charge on any atom is -0.464 e. The Hall–Kier alpha value is -1.04. The summed E-state index contributed by atoms with van der Waals surface area (Å²) in [6.07, 6.45) is 7.57. The normalized spacial score (nSPS) is 16.1. The average molecular weight is 296 g/mol. The summed E-state index contributed by atoms with van der Waals surface area (Å²) in [7, 11) is 0. The van der Waals surface area contributed by atoms with Crippen molar-refractivity contribution in [3.63, 3.8) is 0 Å². The predicted octanol–water partition coefficient (Wildman–Crippen LogP) is 3.52. The van der Waals surface area contributed by atoms with E-state index in [1.165, 1.54) is 32.1 Å². The molecule has 0 aliphatic heterocycles. The summed E-state index contributed by atoms with van der Waals surface area (Å²) in [4.78, 5) is 13.2. The number of ether oxygens (including phenoxy) is 1. The summed E-state index contributed by atoms with van der Waals surface area (Å²) in [5.41, 5.74) is 0. The van der Waals surface area contributed by atoms with Gasteiger partial charge in [0, 0.05) is 11.8 Å². The molecule has 112 valence electrons. The van der Waals surface area contributed by atoms with Crippen LogP contribution in [0, 0.1) is 0 Å². The van der Waals surface area contributed by atoms with E-state index in [-0.39, 0.29) is 0 Å². The van der Waals surface area contributed by atoms with E-state index in [9.17, 15) is 0 Å². The molecule has 1 aromatic heterocycles. The molecule has 1 aliphatic carbocycles. The second-order valence-corrected chi connectivity index (χ2v) is 6.23. The van der Waals surface area contributed by atoms with Gasteiger partial charge in [0.05, 0.1) is 6.61 Å². The Kier molecular flexibility index (Phi) is 6.36. The molecule has 20 heavy (non-hydrogen) atoms. The number of aromatic nitrogens is 3. The molecule has 1 aliphatic rings. The van der Waals surface area contributed by atoms with Crippen LogP contribution < -0.4 is 10.1 Å². The van der Waals surface area contributed by atoms with Crippen LogP contribution in [-0.4, -0.2) is 33.4 Å². The summed E-state index contributed by atoms with van der Waals surface area (Å²) in [5, 5.41) is 4.64. The Labute approximate surface area is 125 Å². The first-order valence-electron chi connectivity index (χ1n) is 7.61. The molecule has 0 spiro atoms. The molecule has 5 nitrogen and oxygen atoms in total. The fourth-order valence-electron chi connectivity index (χ4n) is 2.23. The number of hydrogen-bond acceptors (Lipinski definition) is 6. The second kappa shape index (κ2) is 8.29. The van der Waals surface area contributed by atoms with Gasteiger partial charge in [-0.2, -0.15) is 15.0 Å². The Morgan fingerprint density at radius 1 is 1.15 bits per heavy atom. The lowest BCUT2D eigenvalue weighted by Gasteiger charge is -2.20. The van der Waals surface area contributed by atoms with Crippen molar-refractivity contribution in [3.8, 4) is 6.01 Å². The molecule has 0 amide bonds. The smallest absolute Gasteiger partial charge is 0.322 e. The molecule has 6 heteroatoms. The van der Waals surface area contributed by atoms with Crippen molar-refractivity contribution in [1.29, 1.82) is 0 Å². The van der Waals surface area contributed by atoms with Crippen LogP contribution in [0.5, 0.6) is 6.01 Å². The highest BCUT2D eigenvalue weighted by molar-refractivity contribution is 7.99. The maximum atomic E-state index is 5.44. The van der Waals surface area contributed by atoms with Crippen molar-refractivity contribution in [2.45, 2.75) is 62.8 Å². The third-order valence-electron chi connectivity index (χ3n) is 3.23. The lowest BCUT2D eigenvalue weighted by molar-refractivity contribution is 0.308. The van der Waals surface area contributed by atoms with Crippen LogP contribution in [0.25, 0.3) is 0 Å². The largest absolute Gasteiger partial charge is 0.464 e. The number of anilines is 1. The highest BCUT2D eigenvalue weighted by Crippen LogP contribution is 2.32. The van der Waals surface area contributed by atoms with Crippen LogP contribution in [0.15, 0.2) is 5.16 Å². The SMILES string of the molecule is CCCNc1nc(OCC)nc(SC2CCCCC2)n1. The molecule has 0 radical (unpaired) electrons. The van der Waals surface area contributed by atoms with Gasteiger partial charge in [-0.05, 0) is 26.2 Å². The Morgan fingerprint density at radius 3 is 2.65 bits per heavy atom. The molecule has 0 unspecified atom stereocenters. The number of thioether (sulfide) groups is 1. The summed E-state index contributed by atoms with van der Waals surface area (Å²) in [6, 6.07) is 0.430. The molecule has 0 aromatic carbocycles. The highest BCUT2D eigenvalue weighted by Gasteiger charge is 2.17. The molecular weight excluding hydrogens is 272 g/mol. The molecule has 2 rings (SSSR count). The minimum absolute atomic E-state index is 0.430. The van der Waals surface area contributed by atoms with Gasteiger partial charge in [-0.3, -0.25) is 0 Å². The average Bonchev–Trinajstić information content (AvgIpc) is 2.46. The van der Waals surface area contributed by atoms with E-state index in [1.807, 2.05) is 6.92 Å². The van der Waals surface area contributed by atoms with Crippen LogP contribution in [0.3, 0.4) is 0 Å². The lowest BCUT2D eigenvalue weighted by atomic mass is 10.0. The zero-order chi connectivity index (χ0) is 14.2. The Bertz CT molecular complexity index is 410. The zero-order valence-corrected chi connectivity index (χ0v) is 13.2. The van der Waals surface area contributed by atoms with E-state index in [1.54, 1.807) is 11.8 Å². The summed E-state index contributed by atoms with van der Waals surface area (Å²) in [6.45, 7) is 5.50. The van der Waals surface area contributed by atoms with Crippen molar-refractivity contribution in [3.05, 3.63) is 0 Å². The topological polar surface area (TPSA) is 59.9 Å². The van der Waals surface area contributed by atoms with Gasteiger partial charge in [0.2, 0.25) is 5.95 Å². The molecule has 1 N–H and O–H groups in total. The standard InChI is InChI=1S/C14H24N4OS/c1-3-10-15-12-16-13(19-4-2)18-14(17-12)20-11-8-6-5-7-9-11/h11H,3-10H2,1-2H3,(H,15,16,17,18). The highest BCUT2D eigenvalue weighted by atomic mass is 32.2. The predicted molar refractivity (Wildman–Crippen MR) is 82.5 cm³/mol. The monoisotopic (exact) mass is 296 g/mol. The van der Waals surface area contributed by atoms with Crippen molar-refractivity contribution in [1.82, 2.24) is 15.0 Å². The lowest BCUT2D eigenvalue weighted by Crippen LogP contribution is -2.11. The van der Waals surface area contributed by atoms with E-state index in [0.717, 1.165) is 18.1 Å². The number of hydrogen-bond donors (Lipinski definition) is 1. The Morgan fingerprint density at radius 2 is 1.95 bits per heavy atom. The first kappa shape index (κ1) is 15.4. The summed E-state index contributed by atoms with van der Waals surface area (Å²) >= 11 is 1.77. The van der Waals surface area contributed by atoms with Gasteiger partial charge >= 0.3 is 6.01 Å². The summed E-state index contributed by atoms with van der Waals surface area (Å²) in [5.74, 6) is 0.628. The maximum absolute atomic E-state index is 5.44. The number of nitrogens with zero attached hydrogens (tertiary/aromatic N) is 3. The van der Waals surface area contributed by atoms with Gasteiger partial charge in [-0.25, -0.2) is 0 Å². The van der Waals surface area contributed by atoms with Crippen LogP contribution >= 0.6 is 11.8 Å². The van der Waals surface area contributed by atoms with E-state index >= 15 is 0 Å². The van der Waals surface area contributed by atoms with Crippen LogP contribution in [0.2, 0.25) is 0 Å². The first-order valence-corrected chi connectivity index (χ1v) is 8.49. The molecular formula is C14H24N4OS. The zero-order valence-electron chi connectivity index (χ0n) is 12.4. The summed E-state index contributed by atoms with van der Waals surface area (Å²) < 4.78 is 5.44. The fourth-order valence-corrected chi connectivity index (χ4v) is 3.37. The van der Waals surface area contributed by atoms with Crippen molar-refractivity contribution in [2.24, 2.45) is 0 Å². The molecule has 1 fully saturated rings. The van der Waals surface area contributed by atoms with Crippen molar-refractivity contribution < 1.29 is 4.74 Å². The van der Waals surface area contributed by atoms with E-state index < -0.39 is 0 Å². The first-order chi connectivity index (χ1) is 9.81. The molecule has 0 saturated heterocycles. The molecule has 1 saturated carbocycles. The Balaban J connectivity index is 2.06. The van der Waals surface area contributed by atoms with E-state index in [2.05, 4.69) is 27.2 Å². The number of nitrogens with one attached hydrogen (secondary N) is 1. The van der Waals surface area contributed by atoms with Gasteiger partial charge in [0.15, 0.2) is 5.16 Å². The van der Waals surface area contributed by atoms with Crippen LogP contribution in [0.1, 0.15) is 52.4 Å². The van der Waals surface area contributed by atoms with Gasteiger partial charge in [-0.15, -0.1) is 0 Å². The fraction of sp³-hybridized carbons (Fsp3) is 0.786. The number of rotatable bonds is 7.